The maximum absolute atomic E-state index is 12.4. The molecule has 2 aromatic heterocycles. The summed E-state index contributed by atoms with van der Waals surface area (Å²) in [5, 5.41) is 7.59. The first kappa shape index (κ1) is 16.0. The molecule has 124 valence electrons. The van der Waals surface area contributed by atoms with Gasteiger partial charge in [-0.25, -0.2) is 4.98 Å². The van der Waals surface area contributed by atoms with Crippen molar-refractivity contribution in [3.05, 3.63) is 30.1 Å². The highest BCUT2D eigenvalue weighted by Crippen LogP contribution is 2.30. The Morgan fingerprint density at radius 2 is 2.26 bits per heavy atom. The third-order valence-corrected chi connectivity index (χ3v) is 4.77. The summed E-state index contributed by atoms with van der Waals surface area (Å²) in [6.07, 6.45) is 4.97. The maximum atomic E-state index is 12.4. The molecular weight excluding hydrogens is 288 g/mol. The summed E-state index contributed by atoms with van der Waals surface area (Å²) in [7, 11) is 0. The molecule has 0 saturated carbocycles. The molecule has 1 atom stereocenters. The molecule has 0 bridgehead atoms. The monoisotopic (exact) mass is 314 g/mol. The zero-order valence-electron chi connectivity index (χ0n) is 14.0. The lowest BCUT2D eigenvalue weighted by molar-refractivity contribution is -0.122. The third-order valence-electron chi connectivity index (χ3n) is 4.77. The van der Waals surface area contributed by atoms with Crippen molar-refractivity contribution >= 4 is 16.9 Å². The van der Waals surface area contributed by atoms with Crippen LogP contribution in [0.2, 0.25) is 0 Å². The SMILES string of the molecule is CC[C@H](C)NC(=O)Cn1c(C2CCNCC2)cc2cccnc21. The normalized spacial score (nSPS) is 17.3. The molecule has 3 heterocycles. The number of piperidine rings is 1. The molecule has 0 spiro atoms. The van der Waals surface area contributed by atoms with Gasteiger partial charge >= 0.3 is 0 Å². The summed E-state index contributed by atoms with van der Waals surface area (Å²) >= 11 is 0. The van der Waals surface area contributed by atoms with E-state index in [1.165, 1.54) is 5.69 Å². The van der Waals surface area contributed by atoms with Crippen LogP contribution < -0.4 is 10.6 Å². The zero-order chi connectivity index (χ0) is 16.2. The van der Waals surface area contributed by atoms with Crippen molar-refractivity contribution in [2.24, 2.45) is 0 Å². The molecule has 23 heavy (non-hydrogen) atoms. The van der Waals surface area contributed by atoms with Crippen LogP contribution in [0.5, 0.6) is 0 Å². The molecule has 0 aliphatic carbocycles. The number of carbonyl (C=O) groups is 1. The van der Waals surface area contributed by atoms with Gasteiger partial charge in [0.15, 0.2) is 0 Å². The number of fused-ring (bicyclic) bond motifs is 1. The first-order chi connectivity index (χ1) is 11.2. The second kappa shape index (κ2) is 7.13. The number of rotatable bonds is 5. The Labute approximate surface area is 137 Å². The predicted octanol–water partition coefficient (Wildman–Crippen LogP) is 2.42. The van der Waals surface area contributed by atoms with Crippen LogP contribution in [0.25, 0.3) is 11.0 Å². The molecule has 2 aromatic rings. The van der Waals surface area contributed by atoms with E-state index < -0.39 is 0 Å². The maximum Gasteiger partial charge on any atom is 0.240 e. The summed E-state index contributed by atoms with van der Waals surface area (Å²) in [5.74, 6) is 0.569. The second-order valence-corrected chi connectivity index (χ2v) is 6.47. The summed E-state index contributed by atoms with van der Waals surface area (Å²) < 4.78 is 2.11. The Hall–Kier alpha value is -1.88. The summed E-state index contributed by atoms with van der Waals surface area (Å²) in [6, 6.07) is 6.46. The van der Waals surface area contributed by atoms with Gasteiger partial charge < -0.3 is 15.2 Å². The lowest BCUT2D eigenvalue weighted by Crippen LogP contribution is -2.35. The van der Waals surface area contributed by atoms with Crippen molar-refractivity contribution < 1.29 is 4.79 Å². The molecule has 1 saturated heterocycles. The van der Waals surface area contributed by atoms with Crippen molar-refractivity contribution in [3.8, 4) is 0 Å². The van der Waals surface area contributed by atoms with Gasteiger partial charge in [0, 0.05) is 29.2 Å². The van der Waals surface area contributed by atoms with E-state index in [-0.39, 0.29) is 11.9 Å². The van der Waals surface area contributed by atoms with Crippen molar-refractivity contribution in [3.63, 3.8) is 0 Å². The van der Waals surface area contributed by atoms with Gasteiger partial charge in [-0.15, -0.1) is 0 Å². The molecule has 1 fully saturated rings. The minimum Gasteiger partial charge on any atom is -0.352 e. The van der Waals surface area contributed by atoms with Crippen LogP contribution in [0.3, 0.4) is 0 Å². The van der Waals surface area contributed by atoms with Crippen molar-refractivity contribution in [1.82, 2.24) is 20.2 Å². The smallest absolute Gasteiger partial charge is 0.240 e. The Balaban J connectivity index is 1.91. The molecule has 0 unspecified atom stereocenters. The number of hydrogen-bond acceptors (Lipinski definition) is 3. The van der Waals surface area contributed by atoms with Crippen LogP contribution in [0.1, 0.15) is 44.7 Å². The van der Waals surface area contributed by atoms with E-state index in [9.17, 15) is 4.79 Å². The quantitative estimate of drug-likeness (QED) is 0.891. The summed E-state index contributed by atoms with van der Waals surface area (Å²) in [4.78, 5) is 16.9. The molecule has 1 aliphatic rings. The van der Waals surface area contributed by atoms with Gasteiger partial charge in [-0.3, -0.25) is 4.79 Å². The van der Waals surface area contributed by atoms with Crippen molar-refractivity contribution in [2.45, 2.75) is 51.6 Å². The van der Waals surface area contributed by atoms with E-state index in [0.29, 0.717) is 12.5 Å². The minimum atomic E-state index is 0.0673. The topological polar surface area (TPSA) is 59.0 Å². The summed E-state index contributed by atoms with van der Waals surface area (Å²) in [6.45, 7) is 6.55. The highest BCUT2D eigenvalue weighted by Gasteiger charge is 2.22. The van der Waals surface area contributed by atoms with Crippen molar-refractivity contribution in [2.75, 3.05) is 13.1 Å². The molecular formula is C18H26N4O. The van der Waals surface area contributed by atoms with E-state index in [1.54, 1.807) is 6.20 Å². The molecule has 0 radical (unpaired) electrons. The molecule has 2 N–H and O–H groups in total. The predicted molar refractivity (Wildman–Crippen MR) is 92.5 cm³/mol. The molecule has 1 aliphatic heterocycles. The Morgan fingerprint density at radius 1 is 1.48 bits per heavy atom. The van der Waals surface area contributed by atoms with Crippen LogP contribution >= 0.6 is 0 Å². The van der Waals surface area contributed by atoms with Gasteiger partial charge in [-0.05, 0) is 57.5 Å². The number of amides is 1. The van der Waals surface area contributed by atoms with E-state index in [0.717, 1.165) is 43.4 Å². The van der Waals surface area contributed by atoms with Crippen LogP contribution in [-0.4, -0.2) is 34.6 Å². The average Bonchev–Trinajstić information content (AvgIpc) is 2.94. The minimum absolute atomic E-state index is 0.0673. The van der Waals surface area contributed by atoms with Crippen LogP contribution in [0.15, 0.2) is 24.4 Å². The van der Waals surface area contributed by atoms with Crippen LogP contribution in [0.4, 0.5) is 0 Å². The van der Waals surface area contributed by atoms with Crippen LogP contribution in [-0.2, 0) is 11.3 Å². The number of nitrogens with zero attached hydrogens (tertiary/aromatic N) is 2. The standard InChI is InChI=1S/C18H26N4O/c1-3-13(2)21-17(23)12-22-16(14-6-9-19-10-7-14)11-15-5-4-8-20-18(15)22/h4-5,8,11,13-14,19H,3,6-7,9-10,12H2,1-2H3,(H,21,23)/t13-/m0/s1. The van der Waals surface area contributed by atoms with Gasteiger partial charge in [-0.2, -0.15) is 0 Å². The average molecular weight is 314 g/mol. The number of pyridine rings is 1. The number of nitrogens with one attached hydrogen (secondary N) is 2. The largest absolute Gasteiger partial charge is 0.352 e. The lowest BCUT2D eigenvalue weighted by Gasteiger charge is -2.24. The highest BCUT2D eigenvalue weighted by molar-refractivity contribution is 5.82. The van der Waals surface area contributed by atoms with E-state index in [4.69, 9.17) is 0 Å². The molecule has 1 amide bonds. The number of carbonyl (C=O) groups excluding carboxylic acids is 1. The second-order valence-electron chi connectivity index (χ2n) is 6.47. The molecule has 0 aromatic carbocycles. The van der Waals surface area contributed by atoms with Gasteiger partial charge in [0.25, 0.3) is 0 Å². The van der Waals surface area contributed by atoms with E-state index in [1.807, 2.05) is 13.0 Å². The highest BCUT2D eigenvalue weighted by atomic mass is 16.2. The third kappa shape index (κ3) is 3.55. The van der Waals surface area contributed by atoms with Gasteiger partial charge in [-0.1, -0.05) is 6.92 Å². The number of aromatic nitrogens is 2. The fourth-order valence-corrected chi connectivity index (χ4v) is 3.30. The van der Waals surface area contributed by atoms with Gasteiger partial charge in [0.1, 0.15) is 12.2 Å². The Bertz CT molecular complexity index is 673. The van der Waals surface area contributed by atoms with E-state index >= 15 is 0 Å². The molecule has 3 rings (SSSR count). The summed E-state index contributed by atoms with van der Waals surface area (Å²) in [5.41, 5.74) is 2.17. The molecule has 5 heteroatoms. The molecule has 5 nitrogen and oxygen atoms in total. The Kier molecular flexibility index (Phi) is 4.96. The van der Waals surface area contributed by atoms with E-state index in [2.05, 4.69) is 39.2 Å². The van der Waals surface area contributed by atoms with Crippen molar-refractivity contribution in [1.29, 1.82) is 0 Å². The Morgan fingerprint density at radius 3 is 3.00 bits per heavy atom. The fourth-order valence-electron chi connectivity index (χ4n) is 3.30. The first-order valence-corrected chi connectivity index (χ1v) is 8.63. The van der Waals surface area contributed by atoms with Gasteiger partial charge in [0.2, 0.25) is 5.91 Å². The van der Waals surface area contributed by atoms with Crippen LogP contribution in [0, 0.1) is 0 Å². The lowest BCUT2D eigenvalue weighted by atomic mass is 9.94. The first-order valence-electron chi connectivity index (χ1n) is 8.63. The number of hydrogen-bond donors (Lipinski definition) is 2. The van der Waals surface area contributed by atoms with Gasteiger partial charge in [0.05, 0.1) is 0 Å². The zero-order valence-corrected chi connectivity index (χ0v) is 14.0. The fraction of sp³-hybridized carbons (Fsp3) is 0.556.